The normalized spacial score (nSPS) is 22.9. The summed E-state index contributed by atoms with van der Waals surface area (Å²) in [4.78, 5) is 34.6. The fourth-order valence-corrected chi connectivity index (χ4v) is 2.12. The van der Waals surface area contributed by atoms with Crippen LogP contribution in [0, 0.1) is 5.41 Å². The summed E-state index contributed by atoms with van der Waals surface area (Å²) >= 11 is 0. The summed E-state index contributed by atoms with van der Waals surface area (Å²) < 4.78 is 38.7. The van der Waals surface area contributed by atoms with Crippen molar-refractivity contribution in [3.8, 4) is 0 Å². The Bertz CT molecular complexity index is 441. The number of nitrogens with zero attached hydrogens (tertiary/aromatic N) is 1. The number of carbonyl (C=O) groups is 3. The lowest BCUT2D eigenvalue weighted by atomic mass is 9.86. The van der Waals surface area contributed by atoms with E-state index >= 15 is 0 Å². The number of carboxylic acids is 1. The zero-order chi connectivity index (χ0) is 16.3. The van der Waals surface area contributed by atoms with Gasteiger partial charge in [-0.05, 0) is 13.3 Å². The van der Waals surface area contributed by atoms with Crippen molar-refractivity contribution in [2.24, 2.45) is 5.41 Å². The molecular formula is C11H16F3N3O4. The van der Waals surface area contributed by atoms with E-state index in [0.717, 1.165) is 4.90 Å². The van der Waals surface area contributed by atoms with E-state index in [4.69, 9.17) is 5.11 Å². The van der Waals surface area contributed by atoms with Crippen LogP contribution in [0.1, 0.15) is 13.3 Å². The molecule has 0 aromatic rings. The van der Waals surface area contributed by atoms with E-state index in [2.05, 4.69) is 5.32 Å². The maximum Gasteiger partial charge on any atom is 0.406 e. The van der Waals surface area contributed by atoms with Gasteiger partial charge in [-0.3, -0.25) is 19.8 Å². The fourth-order valence-electron chi connectivity index (χ4n) is 2.12. The Kier molecular flexibility index (Phi) is 5.15. The lowest BCUT2D eigenvalue weighted by molar-refractivity contribution is -0.227. The topological polar surface area (TPSA) is 98.7 Å². The smallest absolute Gasteiger partial charge is 0.406 e. The first kappa shape index (κ1) is 17.2. The quantitative estimate of drug-likeness (QED) is 0.687. The molecular weight excluding hydrogens is 295 g/mol. The molecule has 0 saturated carbocycles. The molecule has 0 aromatic carbocycles. The number of amides is 3. The van der Waals surface area contributed by atoms with Crippen molar-refractivity contribution >= 4 is 17.9 Å². The van der Waals surface area contributed by atoms with Gasteiger partial charge >= 0.3 is 18.2 Å². The monoisotopic (exact) mass is 311 g/mol. The number of hydrogen-bond donors (Lipinski definition) is 3. The Morgan fingerprint density at radius 3 is 2.38 bits per heavy atom. The van der Waals surface area contributed by atoms with Crippen LogP contribution in [0.4, 0.5) is 18.0 Å². The highest BCUT2D eigenvalue weighted by Gasteiger charge is 2.63. The number of alkyl halides is 3. The van der Waals surface area contributed by atoms with E-state index in [1.165, 1.54) is 0 Å². The van der Waals surface area contributed by atoms with Crippen LogP contribution in [0.25, 0.3) is 0 Å². The number of aliphatic carboxylic acids is 1. The van der Waals surface area contributed by atoms with Crippen molar-refractivity contribution in [3.63, 3.8) is 0 Å². The van der Waals surface area contributed by atoms with Gasteiger partial charge in [0.25, 0.3) is 0 Å². The maximum absolute atomic E-state index is 12.9. The summed E-state index contributed by atoms with van der Waals surface area (Å²) in [6, 6.07) is -0.748. The van der Waals surface area contributed by atoms with Crippen molar-refractivity contribution in [2.45, 2.75) is 19.5 Å². The van der Waals surface area contributed by atoms with Gasteiger partial charge in [0.2, 0.25) is 5.91 Å². The number of rotatable bonds is 4. The Morgan fingerprint density at radius 1 is 1.33 bits per heavy atom. The minimum absolute atomic E-state index is 0.186. The number of imide groups is 1. The van der Waals surface area contributed by atoms with E-state index in [1.807, 2.05) is 5.32 Å². The Morgan fingerprint density at radius 2 is 1.95 bits per heavy atom. The minimum atomic E-state index is -4.90. The second-order valence-electron chi connectivity index (χ2n) is 4.75. The first-order valence-corrected chi connectivity index (χ1v) is 6.22. The third-order valence-corrected chi connectivity index (χ3v) is 3.26. The second-order valence-corrected chi connectivity index (χ2v) is 4.75. The molecule has 1 rings (SSSR count). The zero-order valence-corrected chi connectivity index (χ0v) is 11.3. The number of urea groups is 1. The third-order valence-electron chi connectivity index (χ3n) is 3.26. The molecule has 1 saturated heterocycles. The highest BCUT2D eigenvalue weighted by molar-refractivity contribution is 5.95. The predicted molar refractivity (Wildman–Crippen MR) is 64.4 cm³/mol. The van der Waals surface area contributed by atoms with Gasteiger partial charge in [0.1, 0.15) is 0 Å². The first-order chi connectivity index (χ1) is 9.62. The molecule has 1 aliphatic rings. The van der Waals surface area contributed by atoms with E-state index in [-0.39, 0.29) is 6.54 Å². The van der Waals surface area contributed by atoms with Crippen LogP contribution >= 0.6 is 0 Å². The summed E-state index contributed by atoms with van der Waals surface area (Å²) in [6.07, 6.45) is -5.52. The lowest BCUT2D eigenvalue weighted by Gasteiger charge is -2.27. The number of likely N-dealkylation sites (tertiary alicyclic amines) is 1. The lowest BCUT2D eigenvalue weighted by Crippen LogP contribution is -2.48. The number of carboxylic acid groups (broad SMARTS) is 1. The van der Waals surface area contributed by atoms with Crippen molar-refractivity contribution < 1.29 is 32.7 Å². The zero-order valence-electron chi connectivity index (χ0n) is 11.3. The van der Waals surface area contributed by atoms with Crippen LogP contribution < -0.4 is 10.6 Å². The summed E-state index contributed by atoms with van der Waals surface area (Å²) in [5, 5.41) is 13.1. The molecule has 0 radical (unpaired) electrons. The molecule has 7 nitrogen and oxygen atoms in total. The standard InChI is InChI=1S/C11H16F3N3O4/c1-2-15-9(21)16-7(18)5-17-4-3-10(6-17,8(19)20)11(12,13)14/h2-6H2,1H3,(H,19,20)(H2,15,16,18,21). The number of carbonyl (C=O) groups excluding carboxylic acids is 2. The SMILES string of the molecule is CCNC(=O)NC(=O)CN1CCC(C(=O)O)(C(F)(F)F)C1. The predicted octanol–water partition coefficient (Wildman–Crippen LogP) is 0.171. The molecule has 3 N–H and O–H groups in total. The number of hydrogen-bond acceptors (Lipinski definition) is 4. The average Bonchev–Trinajstić information content (AvgIpc) is 2.73. The summed E-state index contributed by atoms with van der Waals surface area (Å²) in [7, 11) is 0. The molecule has 0 aliphatic carbocycles. The molecule has 1 heterocycles. The third kappa shape index (κ3) is 3.84. The number of halogens is 3. The molecule has 1 aliphatic heterocycles. The Hall–Kier alpha value is -1.84. The highest BCUT2D eigenvalue weighted by Crippen LogP contribution is 2.45. The molecule has 0 aromatic heterocycles. The first-order valence-electron chi connectivity index (χ1n) is 6.22. The average molecular weight is 311 g/mol. The molecule has 10 heteroatoms. The molecule has 0 spiro atoms. The fraction of sp³-hybridized carbons (Fsp3) is 0.727. The van der Waals surface area contributed by atoms with Gasteiger partial charge in [-0.25, -0.2) is 4.79 Å². The van der Waals surface area contributed by atoms with Crippen LogP contribution in [0.15, 0.2) is 0 Å². The summed E-state index contributed by atoms with van der Waals surface area (Å²) in [5.74, 6) is -2.74. The minimum Gasteiger partial charge on any atom is -0.481 e. The van der Waals surface area contributed by atoms with E-state index < -0.39 is 49.0 Å². The van der Waals surface area contributed by atoms with Gasteiger partial charge in [-0.1, -0.05) is 0 Å². The van der Waals surface area contributed by atoms with Crippen LogP contribution in [-0.4, -0.2) is 60.3 Å². The Balaban J connectivity index is 2.63. The molecule has 1 atom stereocenters. The molecule has 21 heavy (non-hydrogen) atoms. The van der Waals surface area contributed by atoms with Crippen LogP contribution in [0.2, 0.25) is 0 Å². The van der Waals surface area contributed by atoms with Crippen LogP contribution in [-0.2, 0) is 9.59 Å². The second kappa shape index (κ2) is 6.29. The maximum atomic E-state index is 12.9. The summed E-state index contributed by atoms with van der Waals surface area (Å²) in [5.41, 5.74) is -2.86. The van der Waals surface area contributed by atoms with Gasteiger partial charge in [0.05, 0.1) is 6.54 Å². The molecule has 0 bridgehead atoms. The largest absolute Gasteiger partial charge is 0.481 e. The van der Waals surface area contributed by atoms with Gasteiger partial charge < -0.3 is 10.4 Å². The summed E-state index contributed by atoms with van der Waals surface area (Å²) in [6.45, 7) is 0.458. The van der Waals surface area contributed by atoms with E-state index in [1.54, 1.807) is 6.92 Å². The van der Waals surface area contributed by atoms with E-state index in [9.17, 15) is 27.6 Å². The van der Waals surface area contributed by atoms with Crippen molar-refractivity contribution in [1.29, 1.82) is 0 Å². The van der Waals surface area contributed by atoms with Crippen molar-refractivity contribution in [3.05, 3.63) is 0 Å². The molecule has 1 unspecified atom stereocenters. The van der Waals surface area contributed by atoms with E-state index in [0.29, 0.717) is 6.54 Å². The van der Waals surface area contributed by atoms with Crippen molar-refractivity contribution in [2.75, 3.05) is 26.2 Å². The molecule has 1 fully saturated rings. The van der Waals surface area contributed by atoms with Crippen LogP contribution in [0.5, 0.6) is 0 Å². The number of nitrogens with one attached hydrogen (secondary N) is 2. The molecule has 120 valence electrons. The van der Waals surface area contributed by atoms with Gasteiger partial charge in [0, 0.05) is 19.6 Å². The van der Waals surface area contributed by atoms with Crippen molar-refractivity contribution in [1.82, 2.24) is 15.5 Å². The van der Waals surface area contributed by atoms with Crippen LogP contribution in [0.3, 0.4) is 0 Å². The molecule has 3 amide bonds. The van der Waals surface area contributed by atoms with Gasteiger partial charge in [0.15, 0.2) is 5.41 Å². The Labute approximate surface area is 118 Å². The van der Waals surface area contributed by atoms with Gasteiger partial charge in [-0.2, -0.15) is 13.2 Å². The van der Waals surface area contributed by atoms with Gasteiger partial charge in [-0.15, -0.1) is 0 Å². The highest BCUT2D eigenvalue weighted by atomic mass is 19.4.